The highest BCUT2D eigenvalue weighted by Crippen LogP contribution is 2.28. The van der Waals surface area contributed by atoms with E-state index in [0.29, 0.717) is 25.4 Å². The molecule has 1 aliphatic rings. The normalized spacial score (nSPS) is 13.8. The zero-order chi connectivity index (χ0) is 20.4. The van der Waals surface area contributed by atoms with Crippen LogP contribution in [0.2, 0.25) is 0 Å². The van der Waals surface area contributed by atoms with E-state index in [0.717, 1.165) is 46.6 Å². The second-order valence-electron chi connectivity index (χ2n) is 7.39. The zero-order valence-electron chi connectivity index (χ0n) is 17.0. The van der Waals surface area contributed by atoms with Crippen LogP contribution < -0.4 is 0 Å². The minimum atomic E-state index is -0.0326. The summed E-state index contributed by atoms with van der Waals surface area (Å²) in [5, 5.41) is 7.77. The van der Waals surface area contributed by atoms with Gasteiger partial charge in [-0.15, -0.1) is 0 Å². The van der Waals surface area contributed by atoms with E-state index in [9.17, 15) is 4.79 Å². The van der Waals surface area contributed by atoms with Crippen molar-refractivity contribution in [3.8, 4) is 11.3 Å². The number of ether oxygens (including phenoxy) is 1. The van der Waals surface area contributed by atoms with Crippen LogP contribution in [-0.2, 0) is 24.2 Å². The number of aromatic nitrogens is 4. The van der Waals surface area contributed by atoms with Crippen LogP contribution >= 0.6 is 0 Å². The van der Waals surface area contributed by atoms with E-state index in [2.05, 4.69) is 32.3 Å². The summed E-state index contributed by atoms with van der Waals surface area (Å²) >= 11 is 0. The second kappa shape index (κ2) is 8.13. The number of nitrogens with one attached hydrogen (secondary N) is 1. The molecular formula is C22H25N5O2. The first-order valence-electron chi connectivity index (χ1n) is 9.80. The van der Waals surface area contributed by atoms with Crippen molar-refractivity contribution in [2.24, 2.45) is 0 Å². The summed E-state index contributed by atoms with van der Waals surface area (Å²) < 4.78 is 5.25. The summed E-state index contributed by atoms with van der Waals surface area (Å²) in [6.45, 7) is 5.65. The van der Waals surface area contributed by atoms with E-state index in [1.807, 2.05) is 30.9 Å². The monoisotopic (exact) mass is 391 g/mol. The first kappa shape index (κ1) is 19.3. The van der Waals surface area contributed by atoms with Crippen molar-refractivity contribution in [3.05, 3.63) is 64.4 Å². The van der Waals surface area contributed by atoms with Crippen LogP contribution in [0.3, 0.4) is 0 Å². The van der Waals surface area contributed by atoms with Crippen LogP contribution in [0.5, 0.6) is 0 Å². The average Bonchev–Trinajstić information content (AvgIpc) is 3.01. The molecule has 3 aromatic rings. The Morgan fingerprint density at radius 2 is 2.03 bits per heavy atom. The first-order chi connectivity index (χ1) is 14.1. The lowest BCUT2D eigenvalue weighted by molar-refractivity contribution is 0.0755. The van der Waals surface area contributed by atoms with Gasteiger partial charge in [0, 0.05) is 54.7 Å². The molecule has 0 bridgehead atoms. The van der Waals surface area contributed by atoms with Crippen molar-refractivity contribution >= 4 is 5.91 Å². The molecule has 0 unspecified atom stereocenters. The van der Waals surface area contributed by atoms with Gasteiger partial charge in [-0.2, -0.15) is 5.10 Å². The van der Waals surface area contributed by atoms with E-state index in [1.165, 1.54) is 11.9 Å². The molecular weight excluding hydrogens is 366 g/mol. The highest BCUT2D eigenvalue weighted by Gasteiger charge is 2.25. The number of aromatic amines is 1. The largest absolute Gasteiger partial charge is 0.380 e. The highest BCUT2D eigenvalue weighted by molar-refractivity contribution is 5.93. The van der Waals surface area contributed by atoms with Gasteiger partial charge >= 0.3 is 0 Å². The summed E-state index contributed by atoms with van der Waals surface area (Å²) in [6, 6.07) is 8.25. The van der Waals surface area contributed by atoms with Gasteiger partial charge in [-0.3, -0.25) is 9.89 Å². The van der Waals surface area contributed by atoms with Crippen molar-refractivity contribution in [1.82, 2.24) is 25.1 Å². The maximum atomic E-state index is 13.1. The molecule has 7 nitrogen and oxygen atoms in total. The van der Waals surface area contributed by atoms with Crippen LogP contribution in [0, 0.1) is 13.8 Å². The molecule has 1 aromatic carbocycles. The molecule has 0 saturated heterocycles. The summed E-state index contributed by atoms with van der Waals surface area (Å²) in [6.07, 6.45) is 2.96. The Hall–Kier alpha value is -3.06. The smallest absolute Gasteiger partial charge is 0.272 e. The number of aryl methyl sites for hydroxylation is 1. The number of amides is 1. The standard InChI is InChI=1S/C22H25N5O2/c1-14-15(2)23-13-24-20(14)22(28)27-9-7-18-19(8-10-27)25-26-21(18)17-6-4-5-16(11-17)12-29-3/h4-6,11,13H,7-10,12H2,1-3H3,(H,25,26). The van der Waals surface area contributed by atoms with Gasteiger partial charge in [-0.25, -0.2) is 9.97 Å². The van der Waals surface area contributed by atoms with Crippen molar-refractivity contribution in [2.45, 2.75) is 33.3 Å². The van der Waals surface area contributed by atoms with E-state index in [1.54, 1.807) is 7.11 Å². The molecule has 0 aliphatic carbocycles. The van der Waals surface area contributed by atoms with Gasteiger partial charge in [0.2, 0.25) is 0 Å². The van der Waals surface area contributed by atoms with Gasteiger partial charge in [0.15, 0.2) is 0 Å². The Labute approximate surface area is 170 Å². The second-order valence-corrected chi connectivity index (χ2v) is 7.39. The summed E-state index contributed by atoms with van der Waals surface area (Å²) in [4.78, 5) is 23.4. The average molecular weight is 391 g/mol. The van der Waals surface area contributed by atoms with Crippen molar-refractivity contribution in [1.29, 1.82) is 0 Å². The summed E-state index contributed by atoms with van der Waals surface area (Å²) in [5.41, 5.74) is 7.60. The Morgan fingerprint density at radius 1 is 1.21 bits per heavy atom. The van der Waals surface area contributed by atoms with E-state index in [-0.39, 0.29) is 5.91 Å². The molecule has 29 heavy (non-hydrogen) atoms. The molecule has 1 N–H and O–H groups in total. The number of carbonyl (C=O) groups is 1. The molecule has 150 valence electrons. The number of nitrogens with zero attached hydrogens (tertiary/aromatic N) is 4. The van der Waals surface area contributed by atoms with Gasteiger partial charge in [0.25, 0.3) is 5.91 Å². The lowest BCUT2D eigenvalue weighted by atomic mass is 10.0. The van der Waals surface area contributed by atoms with Crippen LogP contribution in [-0.4, -0.2) is 51.2 Å². The molecule has 1 amide bonds. The SMILES string of the molecule is COCc1cccc(-c2n[nH]c3c2CCN(C(=O)c2ncnc(C)c2C)CC3)c1. The highest BCUT2D eigenvalue weighted by atomic mass is 16.5. The first-order valence-corrected chi connectivity index (χ1v) is 9.80. The molecule has 0 spiro atoms. The number of methoxy groups -OCH3 is 1. The Morgan fingerprint density at radius 3 is 2.86 bits per heavy atom. The molecule has 0 saturated carbocycles. The third-order valence-corrected chi connectivity index (χ3v) is 5.55. The van der Waals surface area contributed by atoms with Crippen molar-refractivity contribution in [3.63, 3.8) is 0 Å². The van der Waals surface area contributed by atoms with E-state index in [4.69, 9.17) is 4.74 Å². The molecule has 4 rings (SSSR count). The van der Waals surface area contributed by atoms with E-state index < -0.39 is 0 Å². The zero-order valence-corrected chi connectivity index (χ0v) is 17.0. The number of hydrogen-bond acceptors (Lipinski definition) is 5. The van der Waals surface area contributed by atoms with Gasteiger partial charge < -0.3 is 9.64 Å². The Kier molecular flexibility index (Phi) is 5.40. The number of fused-ring (bicyclic) bond motifs is 1. The fourth-order valence-electron chi connectivity index (χ4n) is 3.80. The van der Waals surface area contributed by atoms with Gasteiger partial charge in [-0.05, 0) is 31.9 Å². The lowest BCUT2D eigenvalue weighted by Crippen LogP contribution is -2.34. The van der Waals surface area contributed by atoms with Crippen LogP contribution in [0.4, 0.5) is 0 Å². The van der Waals surface area contributed by atoms with E-state index >= 15 is 0 Å². The lowest BCUT2D eigenvalue weighted by Gasteiger charge is -2.21. The van der Waals surface area contributed by atoms with Gasteiger partial charge in [0.1, 0.15) is 12.0 Å². The minimum Gasteiger partial charge on any atom is -0.380 e. The predicted molar refractivity (Wildman–Crippen MR) is 110 cm³/mol. The van der Waals surface area contributed by atoms with Crippen LogP contribution in [0.15, 0.2) is 30.6 Å². The molecule has 3 heterocycles. The maximum absolute atomic E-state index is 13.1. The molecule has 0 atom stereocenters. The molecule has 7 heteroatoms. The molecule has 0 radical (unpaired) electrons. The van der Waals surface area contributed by atoms with Gasteiger partial charge in [-0.1, -0.05) is 18.2 Å². The topological polar surface area (TPSA) is 84.0 Å². The fourth-order valence-corrected chi connectivity index (χ4v) is 3.80. The number of benzene rings is 1. The number of hydrogen-bond donors (Lipinski definition) is 1. The summed E-state index contributed by atoms with van der Waals surface area (Å²) in [7, 11) is 1.69. The van der Waals surface area contributed by atoms with Crippen LogP contribution in [0.25, 0.3) is 11.3 Å². The van der Waals surface area contributed by atoms with Gasteiger partial charge in [0.05, 0.1) is 12.3 Å². The molecule has 1 aliphatic heterocycles. The number of rotatable bonds is 4. The minimum absolute atomic E-state index is 0.0326. The third-order valence-electron chi connectivity index (χ3n) is 5.55. The fraction of sp³-hybridized carbons (Fsp3) is 0.364. The number of carbonyl (C=O) groups excluding carboxylic acids is 1. The quantitative estimate of drug-likeness (QED) is 0.739. The Balaban J connectivity index is 1.57. The Bertz CT molecular complexity index is 1040. The molecule has 2 aromatic heterocycles. The summed E-state index contributed by atoms with van der Waals surface area (Å²) in [5.74, 6) is -0.0326. The van der Waals surface area contributed by atoms with Crippen molar-refractivity contribution < 1.29 is 9.53 Å². The van der Waals surface area contributed by atoms with Crippen LogP contribution in [0.1, 0.15) is 38.6 Å². The number of H-pyrrole nitrogens is 1. The maximum Gasteiger partial charge on any atom is 0.272 e. The van der Waals surface area contributed by atoms with Crippen molar-refractivity contribution in [2.75, 3.05) is 20.2 Å². The third kappa shape index (κ3) is 3.78. The molecule has 0 fully saturated rings. The predicted octanol–water partition coefficient (Wildman–Crippen LogP) is 2.87.